The molecular formula is C11H22O3. The van der Waals surface area contributed by atoms with Crippen molar-refractivity contribution in [2.24, 2.45) is 0 Å². The molecule has 0 saturated heterocycles. The van der Waals surface area contributed by atoms with E-state index >= 15 is 0 Å². The minimum absolute atomic E-state index is 0.161. The zero-order chi connectivity index (χ0) is 11.0. The van der Waals surface area contributed by atoms with Crippen LogP contribution in [0.5, 0.6) is 0 Å². The number of carbonyl (C=O) groups excluding carboxylic acids is 1. The summed E-state index contributed by atoms with van der Waals surface area (Å²) in [5, 5.41) is 18.4. The van der Waals surface area contributed by atoms with Gasteiger partial charge in [-0.25, -0.2) is 0 Å². The van der Waals surface area contributed by atoms with Crippen LogP contribution in [0.4, 0.5) is 0 Å². The minimum Gasteiger partial charge on any atom is -0.360 e. The van der Waals surface area contributed by atoms with Crippen molar-refractivity contribution in [1.29, 1.82) is 0 Å². The molecule has 0 aromatic carbocycles. The lowest BCUT2D eigenvalue weighted by atomic mass is 10.0. The van der Waals surface area contributed by atoms with Crippen LogP contribution in [0.25, 0.3) is 0 Å². The van der Waals surface area contributed by atoms with Crippen molar-refractivity contribution >= 4 is 5.78 Å². The van der Waals surface area contributed by atoms with E-state index in [0.717, 1.165) is 12.8 Å². The highest BCUT2D eigenvalue weighted by molar-refractivity contribution is 5.82. The van der Waals surface area contributed by atoms with E-state index in [2.05, 4.69) is 6.92 Å². The predicted octanol–water partition coefficient (Wildman–Crippen LogP) is 2.01. The van der Waals surface area contributed by atoms with Crippen molar-refractivity contribution in [3.8, 4) is 0 Å². The van der Waals surface area contributed by atoms with Crippen molar-refractivity contribution in [2.75, 3.05) is 0 Å². The van der Waals surface area contributed by atoms with Crippen molar-refractivity contribution in [3.05, 3.63) is 0 Å². The maximum absolute atomic E-state index is 10.7. The van der Waals surface area contributed by atoms with Gasteiger partial charge in [0, 0.05) is 13.3 Å². The normalized spacial score (nSPS) is 11.7. The molecule has 0 aromatic rings. The minimum atomic E-state index is -2.09. The molecule has 0 fully saturated rings. The fourth-order valence-corrected chi connectivity index (χ4v) is 1.33. The molecule has 0 bridgehead atoms. The van der Waals surface area contributed by atoms with E-state index in [9.17, 15) is 15.0 Å². The van der Waals surface area contributed by atoms with Gasteiger partial charge >= 0.3 is 0 Å². The number of carbonyl (C=O) groups is 1. The molecule has 0 radical (unpaired) electrons. The van der Waals surface area contributed by atoms with Crippen LogP contribution in [0, 0.1) is 0 Å². The maximum Gasteiger partial charge on any atom is 0.223 e. The average Bonchev–Trinajstić information content (AvgIpc) is 2.10. The van der Waals surface area contributed by atoms with Crippen LogP contribution < -0.4 is 0 Å². The summed E-state index contributed by atoms with van der Waals surface area (Å²) in [6.07, 6.45) is 6.58. The van der Waals surface area contributed by atoms with Crippen LogP contribution in [0.1, 0.15) is 58.8 Å². The summed E-state index contributed by atoms with van der Waals surface area (Å²) in [5.74, 6) is -2.66. The molecule has 0 atom stereocenters. The van der Waals surface area contributed by atoms with Crippen LogP contribution in [-0.4, -0.2) is 21.8 Å². The van der Waals surface area contributed by atoms with E-state index in [1.807, 2.05) is 0 Å². The van der Waals surface area contributed by atoms with Gasteiger partial charge in [0.25, 0.3) is 0 Å². The fraction of sp³-hybridized carbons (Fsp3) is 0.909. The van der Waals surface area contributed by atoms with Crippen LogP contribution >= 0.6 is 0 Å². The molecule has 0 amide bonds. The van der Waals surface area contributed by atoms with Crippen molar-refractivity contribution < 1.29 is 15.0 Å². The SMILES string of the molecule is CCCCCCCCC(O)(O)C(C)=O. The topological polar surface area (TPSA) is 57.5 Å². The Kier molecular flexibility index (Phi) is 6.75. The molecule has 0 aliphatic heterocycles. The summed E-state index contributed by atoms with van der Waals surface area (Å²) in [5.41, 5.74) is 0. The molecule has 2 N–H and O–H groups in total. The van der Waals surface area contributed by atoms with Crippen molar-refractivity contribution in [2.45, 2.75) is 64.6 Å². The van der Waals surface area contributed by atoms with Gasteiger partial charge < -0.3 is 10.2 Å². The average molecular weight is 202 g/mol. The highest BCUT2D eigenvalue weighted by Crippen LogP contribution is 2.14. The predicted molar refractivity (Wildman–Crippen MR) is 55.8 cm³/mol. The van der Waals surface area contributed by atoms with Gasteiger partial charge in [0.2, 0.25) is 5.79 Å². The van der Waals surface area contributed by atoms with E-state index in [0.29, 0.717) is 6.42 Å². The zero-order valence-corrected chi connectivity index (χ0v) is 9.25. The zero-order valence-electron chi connectivity index (χ0n) is 9.25. The first-order valence-corrected chi connectivity index (χ1v) is 5.46. The number of ketones is 1. The van der Waals surface area contributed by atoms with E-state index in [1.54, 1.807) is 0 Å². The second-order valence-corrected chi connectivity index (χ2v) is 3.89. The Morgan fingerprint density at radius 3 is 2.07 bits per heavy atom. The van der Waals surface area contributed by atoms with Crippen molar-refractivity contribution in [1.82, 2.24) is 0 Å². The standard InChI is InChI=1S/C11H22O3/c1-3-4-5-6-7-8-9-11(13,14)10(2)12/h13-14H,3-9H2,1-2H3. The van der Waals surface area contributed by atoms with Gasteiger partial charge in [0.05, 0.1) is 0 Å². The lowest BCUT2D eigenvalue weighted by Crippen LogP contribution is -2.36. The highest BCUT2D eigenvalue weighted by Gasteiger charge is 2.27. The summed E-state index contributed by atoms with van der Waals surface area (Å²) in [6, 6.07) is 0. The third-order valence-electron chi connectivity index (χ3n) is 2.44. The molecule has 0 unspecified atom stereocenters. The molecule has 0 aliphatic carbocycles. The Morgan fingerprint density at radius 1 is 1.07 bits per heavy atom. The van der Waals surface area contributed by atoms with Gasteiger partial charge in [0.1, 0.15) is 0 Å². The maximum atomic E-state index is 10.7. The van der Waals surface area contributed by atoms with Gasteiger partial charge in [-0.1, -0.05) is 39.0 Å². The second-order valence-electron chi connectivity index (χ2n) is 3.89. The molecule has 0 saturated carbocycles. The molecule has 0 aliphatic rings. The first-order chi connectivity index (χ1) is 6.50. The highest BCUT2D eigenvalue weighted by atomic mass is 16.5. The van der Waals surface area contributed by atoms with Crippen molar-refractivity contribution in [3.63, 3.8) is 0 Å². The first kappa shape index (κ1) is 13.6. The third kappa shape index (κ3) is 6.11. The summed E-state index contributed by atoms with van der Waals surface area (Å²) in [4.78, 5) is 10.7. The number of hydrogen-bond donors (Lipinski definition) is 2. The quantitative estimate of drug-likeness (QED) is 0.467. The Morgan fingerprint density at radius 2 is 1.57 bits per heavy atom. The number of hydrogen-bond acceptors (Lipinski definition) is 3. The van der Waals surface area contributed by atoms with E-state index in [4.69, 9.17) is 0 Å². The molecular weight excluding hydrogens is 180 g/mol. The Hall–Kier alpha value is -0.410. The van der Waals surface area contributed by atoms with Crippen LogP contribution in [0.3, 0.4) is 0 Å². The van der Waals surface area contributed by atoms with Gasteiger partial charge in [-0.05, 0) is 6.42 Å². The molecule has 84 valence electrons. The third-order valence-corrected chi connectivity index (χ3v) is 2.44. The fourth-order valence-electron chi connectivity index (χ4n) is 1.33. The molecule has 0 rings (SSSR count). The lowest BCUT2D eigenvalue weighted by molar-refractivity contribution is -0.183. The molecule has 0 spiro atoms. The second kappa shape index (κ2) is 6.96. The van der Waals surface area contributed by atoms with Gasteiger partial charge in [-0.3, -0.25) is 4.79 Å². The molecule has 0 heterocycles. The smallest absolute Gasteiger partial charge is 0.223 e. The van der Waals surface area contributed by atoms with Gasteiger partial charge in [-0.2, -0.15) is 0 Å². The van der Waals surface area contributed by atoms with E-state index < -0.39 is 11.6 Å². The van der Waals surface area contributed by atoms with Gasteiger partial charge in [0.15, 0.2) is 5.78 Å². The summed E-state index contributed by atoms with van der Waals surface area (Å²) >= 11 is 0. The molecule has 0 aromatic heterocycles. The van der Waals surface area contributed by atoms with Crippen LogP contribution in [-0.2, 0) is 4.79 Å². The number of rotatable bonds is 8. The molecule has 14 heavy (non-hydrogen) atoms. The largest absolute Gasteiger partial charge is 0.360 e. The molecule has 3 heteroatoms. The number of Topliss-reactive ketones (excluding diaryl/α,β-unsaturated/α-hetero) is 1. The number of unbranched alkanes of at least 4 members (excludes halogenated alkanes) is 5. The lowest BCUT2D eigenvalue weighted by Gasteiger charge is -2.17. The van der Waals surface area contributed by atoms with E-state index in [1.165, 1.54) is 26.2 Å². The Labute approximate surface area is 86.1 Å². The van der Waals surface area contributed by atoms with Crippen LogP contribution in [0.2, 0.25) is 0 Å². The Balaban J connectivity index is 3.40. The molecule has 3 nitrogen and oxygen atoms in total. The Bertz CT molecular complexity index is 164. The van der Waals surface area contributed by atoms with Crippen LogP contribution in [0.15, 0.2) is 0 Å². The first-order valence-electron chi connectivity index (χ1n) is 5.46. The monoisotopic (exact) mass is 202 g/mol. The van der Waals surface area contributed by atoms with E-state index in [-0.39, 0.29) is 6.42 Å². The summed E-state index contributed by atoms with van der Waals surface area (Å²) < 4.78 is 0. The van der Waals surface area contributed by atoms with Gasteiger partial charge in [-0.15, -0.1) is 0 Å². The summed E-state index contributed by atoms with van der Waals surface area (Å²) in [6.45, 7) is 3.36. The number of aliphatic hydroxyl groups is 2. The summed E-state index contributed by atoms with van der Waals surface area (Å²) in [7, 11) is 0.